The third kappa shape index (κ3) is 3.36. The maximum absolute atomic E-state index is 6.48. The molecule has 1 atom stereocenters. The summed E-state index contributed by atoms with van der Waals surface area (Å²) in [6.45, 7) is 5.45. The number of nitrogens with two attached hydrogens (primary N) is 1. The minimum atomic E-state index is 0.677. The standard InChI is InChI=1S/C17H26ClN3/c18-16-6-4-5-14(7-9-19)17(16)21-12-8-15(13-21)20-10-2-1-3-11-20/h4-6,15H,1-3,7-13,19H2. The van der Waals surface area contributed by atoms with Crippen molar-refractivity contribution < 1.29 is 0 Å². The monoisotopic (exact) mass is 307 g/mol. The second-order valence-electron chi connectivity index (χ2n) is 6.27. The third-order valence-corrected chi connectivity index (χ3v) is 5.18. The first-order chi connectivity index (χ1) is 10.3. The van der Waals surface area contributed by atoms with Crippen LogP contribution in [0, 0.1) is 0 Å². The van der Waals surface area contributed by atoms with Crippen LogP contribution >= 0.6 is 11.6 Å². The summed E-state index contributed by atoms with van der Waals surface area (Å²) in [4.78, 5) is 5.16. The van der Waals surface area contributed by atoms with Gasteiger partial charge in [0.15, 0.2) is 0 Å². The van der Waals surface area contributed by atoms with Gasteiger partial charge in [-0.05, 0) is 56.9 Å². The summed E-state index contributed by atoms with van der Waals surface area (Å²) in [6, 6.07) is 6.91. The largest absolute Gasteiger partial charge is 0.368 e. The molecule has 4 heteroatoms. The second-order valence-corrected chi connectivity index (χ2v) is 6.68. The van der Waals surface area contributed by atoms with Crippen LogP contribution in [-0.2, 0) is 6.42 Å². The van der Waals surface area contributed by atoms with Gasteiger partial charge in [-0.15, -0.1) is 0 Å². The number of piperidine rings is 1. The van der Waals surface area contributed by atoms with Gasteiger partial charge < -0.3 is 10.6 Å². The molecule has 2 aliphatic heterocycles. The molecule has 3 nitrogen and oxygen atoms in total. The van der Waals surface area contributed by atoms with Gasteiger partial charge in [0, 0.05) is 19.1 Å². The molecule has 0 aromatic heterocycles. The number of hydrogen-bond donors (Lipinski definition) is 1. The van der Waals surface area contributed by atoms with Crippen LogP contribution in [0.1, 0.15) is 31.2 Å². The quantitative estimate of drug-likeness (QED) is 0.928. The van der Waals surface area contributed by atoms with E-state index in [2.05, 4.69) is 15.9 Å². The Morgan fingerprint density at radius 3 is 2.71 bits per heavy atom. The molecule has 0 spiro atoms. The van der Waals surface area contributed by atoms with Gasteiger partial charge in [-0.25, -0.2) is 0 Å². The number of likely N-dealkylation sites (tertiary alicyclic amines) is 1. The molecule has 0 saturated carbocycles. The topological polar surface area (TPSA) is 32.5 Å². The van der Waals surface area contributed by atoms with E-state index < -0.39 is 0 Å². The van der Waals surface area contributed by atoms with E-state index in [1.54, 1.807) is 0 Å². The van der Waals surface area contributed by atoms with Gasteiger partial charge in [0.25, 0.3) is 0 Å². The molecule has 2 aliphatic rings. The summed E-state index contributed by atoms with van der Waals surface area (Å²) in [5.74, 6) is 0. The maximum Gasteiger partial charge on any atom is 0.0642 e. The molecule has 21 heavy (non-hydrogen) atoms. The molecule has 0 aliphatic carbocycles. The molecule has 116 valence electrons. The molecule has 3 rings (SSSR count). The molecule has 2 heterocycles. The fourth-order valence-electron chi connectivity index (χ4n) is 3.80. The summed E-state index contributed by atoms with van der Waals surface area (Å²) in [6.07, 6.45) is 6.29. The SMILES string of the molecule is NCCc1cccc(Cl)c1N1CCC(N2CCCCC2)C1. The molecule has 2 fully saturated rings. The zero-order valence-electron chi connectivity index (χ0n) is 12.7. The van der Waals surface area contributed by atoms with E-state index in [0.29, 0.717) is 12.6 Å². The number of benzene rings is 1. The maximum atomic E-state index is 6.48. The van der Waals surface area contributed by atoms with Gasteiger partial charge in [-0.3, -0.25) is 4.90 Å². The molecule has 0 amide bonds. The number of anilines is 1. The lowest BCUT2D eigenvalue weighted by molar-refractivity contribution is 0.175. The first kappa shape index (κ1) is 15.1. The lowest BCUT2D eigenvalue weighted by atomic mass is 10.1. The highest BCUT2D eigenvalue weighted by Gasteiger charge is 2.30. The van der Waals surface area contributed by atoms with Gasteiger partial charge in [0.1, 0.15) is 0 Å². The average Bonchev–Trinajstić information content (AvgIpc) is 2.98. The summed E-state index contributed by atoms with van der Waals surface area (Å²) in [5.41, 5.74) is 8.27. The minimum Gasteiger partial charge on any atom is -0.368 e. The molecule has 1 aromatic carbocycles. The van der Waals surface area contributed by atoms with Crippen LogP contribution in [0.15, 0.2) is 18.2 Å². The molecular formula is C17H26ClN3. The lowest BCUT2D eigenvalue weighted by Crippen LogP contribution is -2.41. The molecule has 1 aromatic rings. The number of halogens is 1. The van der Waals surface area contributed by atoms with E-state index in [4.69, 9.17) is 17.3 Å². The molecule has 0 bridgehead atoms. The molecule has 2 saturated heterocycles. The van der Waals surface area contributed by atoms with Crippen LogP contribution in [0.3, 0.4) is 0 Å². The van der Waals surface area contributed by atoms with Crippen molar-refractivity contribution in [1.82, 2.24) is 4.90 Å². The lowest BCUT2D eigenvalue weighted by Gasteiger charge is -2.32. The van der Waals surface area contributed by atoms with E-state index in [1.165, 1.54) is 50.0 Å². The summed E-state index contributed by atoms with van der Waals surface area (Å²) >= 11 is 6.48. The number of para-hydroxylation sites is 1. The first-order valence-corrected chi connectivity index (χ1v) is 8.64. The Labute approximate surface area is 133 Å². The highest BCUT2D eigenvalue weighted by atomic mass is 35.5. The van der Waals surface area contributed by atoms with E-state index in [9.17, 15) is 0 Å². The third-order valence-electron chi connectivity index (χ3n) is 4.87. The minimum absolute atomic E-state index is 0.677. The summed E-state index contributed by atoms with van der Waals surface area (Å²) < 4.78 is 0. The van der Waals surface area contributed by atoms with Crippen molar-refractivity contribution in [3.8, 4) is 0 Å². The van der Waals surface area contributed by atoms with Crippen molar-refractivity contribution in [2.24, 2.45) is 5.73 Å². The molecule has 0 radical (unpaired) electrons. The van der Waals surface area contributed by atoms with Crippen molar-refractivity contribution in [3.05, 3.63) is 28.8 Å². The van der Waals surface area contributed by atoms with Crippen LogP contribution < -0.4 is 10.6 Å². The number of rotatable bonds is 4. The van der Waals surface area contributed by atoms with E-state index in [0.717, 1.165) is 24.5 Å². The normalized spacial score (nSPS) is 23.7. The van der Waals surface area contributed by atoms with E-state index >= 15 is 0 Å². The van der Waals surface area contributed by atoms with Gasteiger partial charge in [-0.2, -0.15) is 0 Å². The summed E-state index contributed by atoms with van der Waals surface area (Å²) in [5, 5.41) is 0.875. The van der Waals surface area contributed by atoms with Crippen molar-refractivity contribution in [3.63, 3.8) is 0 Å². The second kappa shape index (κ2) is 6.99. The molecule has 1 unspecified atom stereocenters. The Hall–Kier alpha value is -0.770. The van der Waals surface area contributed by atoms with Gasteiger partial charge in [-0.1, -0.05) is 30.2 Å². The van der Waals surface area contributed by atoms with E-state index in [1.807, 2.05) is 12.1 Å². The molecular weight excluding hydrogens is 282 g/mol. The highest BCUT2D eigenvalue weighted by molar-refractivity contribution is 6.33. The van der Waals surface area contributed by atoms with Crippen molar-refractivity contribution >= 4 is 17.3 Å². The Morgan fingerprint density at radius 2 is 1.95 bits per heavy atom. The van der Waals surface area contributed by atoms with E-state index in [-0.39, 0.29) is 0 Å². The Bertz CT molecular complexity index is 471. The van der Waals surface area contributed by atoms with Crippen LogP contribution in [0.4, 0.5) is 5.69 Å². The fraction of sp³-hybridized carbons (Fsp3) is 0.647. The van der Waals surface area contributed by atoms with Crippen LogP contribution in [0.25, 0.3) is 0 Å². The van der Waals surface area contributed by atoms with Crippen LogP contribution in [-0.4, -0.2) is 43.7 Å². The Balaban J connectivity index is 1.73. The van der Waals surface area contributed by atoms with Crippen molar-refractivity contribution in [2.45, 2.75) is 38.1 Å². The van der Waals surface area contributed by atoms with Crippen molar-refractivity contribution in [1.29, 1.82) is 0 Å². The first-order valence-electron chi connectivity index (χ1n) is 8.26. The predicted octanol–water partition coefficient (Wildman–Crippen LogP) is 2.91. The van der Waals surface area contributed by atoms with Crippen LogP contribution in [0.5, 0.6) is 0 Å². The highest BCUT2D eigenvalue weighted by Crippen LogP contribution is 2.34. The van der Waals surface area contributed by atoms with Crippen molar-refractivity contribution in [2.75, 3.05) is 37.6 Å². The van der Waals surface area contributed by atoms with Gasteiger partial charge >= 0.3 is 0 Å². The van der Waals surface area contributed by atoms with Crippen LogP contribution in [0.2, 0.25) is 5.02 Å². The Morgan fingerprint density at radius 1 is 1.14 bits per heavy atom. The summed E-state index contributed by atoms with van der Waals surface area (Å²) in [7, 11) is 0. The zero-order valence-corrected chi connectivity index (χ0v) is 13.5. The van der Waals surface area contributed by atoms with Gasteiger partial charge in [0.05, 0.1) is 10.7 Å². The number of hydrogen-bond acceptors (Lipinski definition) is 3. The number of nitrogens with zero attached hydrogens (tertiary/aromatic N) is 2. The molecule has 2 N–H and O–H groups in total. The smallest absolute Gasteiger partial charge is 0.0642 e. The Kier molecular flexibility index (Phi) is 5.04. The van der Waals surface area contributed by atoms with Gasteiger partial charge in [0.2, 0.25) is 0 Å². The zero-order chi connectivity index (χ0) is 14.7. The predicted molar refractivity (Wildman–Crippen MR) is 90.3 cm³/mol. The average molecular weight is 308 g/mol. The fourth-order valence-corrected chi connectivity index (χ4v) is 4.11.